The van der Waals surface area contributed by atoms with E-state index in [9.17, 15) is 4.39 Å². The molecule has 0 amide bonds. The van der Waals surface area contributed by atoms with Gasteiger partial charge in [0.1, 0.15) is 0 Å². The summed E-state index contributed by atoms with van der Waals surface area (Å²) in [4.78, 5) is 3.58. The summed E-state index contributed by atoms with van der Waals surface area (Å²) in [6.45, 7) is 13.3. The summed E-state index contributed by atoms with van der Waals surface area (Å²) in [5.41, 5.74) is 0.532. The van der Waals surface area contributed by atoms with Crippen LogP contribution in [0.1, 0.15) is 39.2 Å². The number of aromatic nitrogens is 1. The summed E-state index contributed by atoms with van der Waals surface area (Å²) in [5.74, 6) is -0.851. The number of pyridine rings is 1. The minimum absolute atomic E-state index is 0.00437. The van der Waals surface area contributed by atoms with Crippen LogP contribution in [0.5, 0.6) is 0 Å². The van der Waals surface area contributed by atoms with Gasteiger partial charge in [-0.2, -0.15) is 4.39 Å². The van der Waals surface area contributed by atoms with Gasteiger partial charge in [0, 0.05) is 24.2 Å². The topological polar surface area (TPSA) is 62.6 Å². The summed E-state index contributed by atoms with van der Waals surface area (Å²) < 4.78 is 19.5. The average molecular weight is 313 g/mol. The lowest BCUT2D eigenvalue weighted by atomic mass is 9.80. The lowest BCUT2D eigenvalue weighted by Gasteiger charge is -2.37. The van der Waals surface area contributed by atoms with E-state index in [1.54, 1.807) is 0 Å². The fourth-order valence-electron chi connectivity index (χ4n) is 1.58. The second kappa shape index (κ2) is 6.56. The fraction of sp³-hybridized carbons (Fsp3) is 0.643. The first-order chi connectivity index (χ1) is 9.45. The zero-order valence-corrected chi connectivity index (χ0v) is 14.6. The molecule has 4 nitrogen and oxygen atoms in total. The molecule has 2 N–H and O–H groups in total. The van der Waals surface area contributed by atoms with Crippen LogP contribution in [0.25, 0.3) is 0 Å². The molecule has 21 heavy (non-hydrogen) atoms. The van der Waals surface area contributed by atoms with Gasteiger partial charge in [-0.05, 0) is 23.7 Å². The normalized spacial score (nSPS) is 14.1. The van der Waals surface area contributed by atoms with Crippen LogP contribution in [0.3, 0.4) is 0 Å². The highest BCUT2D eigenvalue weighted by atomic mass is 28.4. The third-order valence-electron chi connectivity index (χ3n) is 4.23. The second-order valence-corrected chi connectivity index (χ2v) is 11.8. The van der Waals surface area contributed by atoms with Crippen molar-refractivity contribution in [1.82, 2.24) is 4.98 Å². The lowest BCUT2D eigenvalue weighted by molar-refractivity contribution is 0.269. The molecular weight excluding hydrogens is 288 g/mol. The zero-order chi connectivity index (χ0) is 16.4. The van der Waals surface area contributed by atoms with Crippen LogP contribution in [-0.2, 0) is 4.43 Å². The molecule has 0 spiro atoms. The van der Waals surface area contributed by atoms with Gasteiger partial charge >= 0.3 is 7.12 Å². The molecule has 0 saturated heterocycles. The maximum absolute atomic E-state index is 13.4. The Bertz CT molecular complexity index is 492. The number of hydrogen-bond acceptors (Lipinski definition) is 4. The van der Waals surface area contributed by atoms with Crippen molar-refractivity contribution < 1.29 is 18.9 Å². The third-order valence-corrected chi connectivity index (χ3v) is 8.74. The van der Waals surface area contributed by atoms with Gasteiger partial charge in [0.2, 0.25) is 5.95 Å². The Kier molecular flexibility index (Phi) is 5.71. The Morgan fingerprint density at radius 3 is 2.43 bits per heavy atom. The zero-order valence-electron chi connectivity index (χ0n) is 13.6. The van der Waals surface area contributed by atoms with E-state index in [2.05, 4.69) is 38.8 Å². The number of hydrogen-bond donors (Lipinski definition) is 2. The Morgan fingerprint density at radius 1 is 1.38 bits per heavy atom. The van der Waals surface area contributed by atoms with E-state index in [-0.39, 0.29) is 16.4 Å². The molecule has 0 radical (unpaired) electrons. The summed E-state index contributed by atoms with van der Waals surface area (Å²) in [7, 11) is -3.70. The molecule has 118 valence electrons. The highest BCUT2D eigenvalue weighted by molar-refractivity contribution is 6.74. The summed E-state index contributed by atoms with van der Waals surface area (Å²) in [6, 6.07) is 1.44. The highest BCUT2D eigenvalue weighted by Gasteiger charge is 2.37. The Morgan fingerprint density at radius 2 is 1.95 bits per heavy atom. The molecule has 1 atom stereocenters. The van der Waals surface area contributed by atoms with Gasteiger partial charge < -0.3 is 14.5 Å². The predicted octanol–water partition coefficient (Wildman–Crippen LogP) is 2.03. The van der Waals surface area contributed by atoms with E-state index < -0.39 is 21.4 Å². The quantitative estimate of drug-likeness (QED) is 0.645. The highest BCUT2D eigenvalue weighted by Crippen LogP contribution is 2.37. The number of rotatable bonds is 5. The van der Waals surface area contributed by atoms with Crippen LogP contribution in [0.4, 0.5) is 4.39 Å². The number of nitrogens with zero attached hydrogens (tertiary/aromatic N) is 1. The molecular formula is C14H25BFNO3Si. The average Bonchev–Trinajstić information content (AvgIpc) is 2.34. The molecule has 1 rings (SSSR count). The lowest BCUT2D eigenvalue weighted by Crippen LogP contribution is -2.41. The van der Waals surface area contributed by atoms with E-state index >= 15 is 0 Å². The third kappa shape index (κ3) is 4.61. The van der Waals surface area contributed by atoms with Crippen molar-refractivity contribution in [2.75, 3.05) is 6.61 Å². The van der Waals surface area contributed by atoms with E-state index in [0.29, 0.717) is 6.61 Å². The molecule has 1 aromatic rings. The summed E-state index contributed by atoms with van der Waals surface area (Å²) >= 11 is 0. The van der Waals surface area contributed by atoms with Gasteiger partial charge in [-0.1, -0.05) is 33.8 Å². The van der Waals surface area contributed by atoms with Gasteiger partial charge in [0.25, 0.3) is 0 Å². The van der Waals surface area contributed by atoms with Gasteiger partial charge in [0.05, 0.1) is 0 Å². The maximum atomic E-state index is 13.4. The SMILES string of the molecule is CC(CO[Si](C)(C)C(C)(C)C)c1cnc(F)c(B(O)O)c1. The van der Waals surface area contributed by atoms with Gasteiger partial charge in [-0.15, -0.1) is 0 Å². The predicted molar refractivity (Wildman–Crippen MR) is 85.6 cm³/mol. The second-order valence-electron chi connectivity index (χ2n) is 6.99. The minimum atomic E-state index is -1.86. The molecule has 1 heterocycles. The minimum Gasteiger partial charge on any atom is -0.423 e. The molecule has 0 aliphatic rings. The number of halogens is 1. The fourth-order valence-corrected chi connectivity index (χ4v) is 2.68. The van der Waals surface area contributed by atoms with Gasteiger partial charge in [-0.25, -0.2) is 4.98 Å². The van der Waals surface area contributed by atoms with Crippen molar-refractivity contribution >= 4 is 20.9 Å². The van der Waals surface area contributed by atoms with Crippen molar-refractivity contribution in [3.63, 3.8) is 0 Å². The summed E-state index contributed by atoms with van der Waals surface area (Å²) in [6.07, 6.45) is 1.42. The Balaban J connectivity index is 2.82. The van der Waals surface area contributed by atoms with E-state index in [1.165, 1.54) is 12.3 Å². The van der Waals surface area contributed by atoms with Crippen molar-refractivity contribution in [3.05, 3.63) is 23.8 Å². The maximum Gasteiger partial charge on any atom is 0.493 e. The van der Waals surface area contributed by atoms with Crippen molar-refractivity contribution in [2.45, 2.75) is 51.7 Å². The smallest absolute Gasteiger partial charge is 0.423 e. The molecule has 0 bridgehead atoms. The Labute approximate surface area is 127 Å². The van der Waals surface area contributed by atoms with Gasteiger partial charge in [0.15, 0.2) is 8.32 Å². The first-order valence-corrected chi connectivity index (χ1v) is 10.0. The van der Waals surface area contributed by atoms with Crippen LogP contribution >= 0.6 is 0 Å². The Hall–Kier alpha value is -0.758. The van der Waals surface area contributed by atoms with Crippen molar-refractivity contribution in [3.8, 4) is 0 Å². The molecule has 0 aromatic carbocycles. The van der Waals surface area contributed by atoms with Crippen LogP contribution < -0.4 is 5.46 Å². The first kappa shape index (κ1) is 18.3. The molecule has 1 unspecified atom stereocenters. The van der Waals surface area contributed by atoms with Crippen LogP contribution in [0.2, 0.25) is 18.1 Å². The molecule has 1 aromatic heterocycles. The molecule has 0 fully saturated rings. The first-order valence-electron chi connectivity index (χ1n) is 7.11. The summed E-state index contributed by atoms with van der Waals surface area (Å²) in [5, 5.41) is 18.4. The van der Waals surface area contributed by atoms with Crippen LogP contribution in [0.15, 0.2) is 12.3 Å². The molecule has 0 saturated carbocycles. The molecule has 7 heteroatoms. The largest absolute Gasteiger partial charge is 0.493 e. The molecule has 0 aliphatic carbocycles. The van der Waals surface area contributed by atoms with Crippen molar-refractivity contribution in [1.29, 1.82) is 0 Å². The van der Waals surface area contributed by atoms with Crippen LogP contribution in [0, 0.1) is 5.95 Å². The van der Waals surface area contributed by atoms with E-state index in [1.807, 2.05) is 6.92 Å². The standard InChI is InChI=1S/C14H25BFNO3Si/c1-10(9-20-21(5,6)14(2,3)4)11-7-12(15(18)19)13(16)17-8-11/h7-8,10,18-19H,9H2,1-6H3. The van der Waals surface area contributed by atoms with Crippen LogP contribution in [-0.4, -0.2) is 37.1 Å². The monoisotopic (exact) mass is 313 g/mol. The van der Waals surface area contributed by atoms with Crippen molar-refractivity contribution in [2.24, 2.45) is 0 Å². The molecule has 0 aliphatic heterocycles. The van der Waals surface area contributed by atoms with E-state index in [4.69, 9.17) is 14.5 Å². The van der Waals surface area contributed by atoms with E-state index in [0.717, 1.165) is 5.56 Å². The van der Waals surface area contributed by atoms with Gasteiger partial charge in [-0.3, -0.25) is 0 Å².